The van der Waals surface area contributed by atoms with E-state index in [1.807, 2.05) is 6.92 Å². The Morgan fingerprint density at radius 1 is 1.21 bits per heavy atom. The minimum atomic E-state index is -4.85. The van der Waals surface area contributed by atoms with E-state index >= 15 is 0 Å². The molecule has 7 atom stereocenters. The SMILES string of the molecule is C[C@H](CNC(=O)CC(C)(O)C(F)(F)F)[C@H]1CC[C@H]2/C(=C/C=C3C[C@@H](O)C[C@H](O)C3)CCC[C@]12C. The number of amides is 1. The molecule has 5 nitrogen and oxygen atoms in total. The number of nitrogens with one attached hydrogen (secondary N) is 1. The number of carbonyl (C=O) groups excluding carboxylic acids is 1. The van der Waals surface area contributed by atoms with Crippen molar-refractivity contribution in [2.75, 3.05) is 6.54 Å². The van der Waals surface area contributed by atoms with Gasteiger partial charge < -0.3 is 20.6 Å². The van der Waals surface area contributed by atoms with Crippen molar-refractivity contribution in [2.24, 2.45) is 23.2 Å². The molecular formula is C26H40F3NO4. The molecule has 3 aliphatic rings. The fraction of sp³-hybridized carbons (Fsp3) is 0.808. The van der Waals surface area contributed by atoms with Crippen LogP contribution in [0, 0.1) is 23.2 Å². The van der Waals surface area contributed by atoms with E-state index in [1.165, 1.54) is 5.57 Å². The lowest BCUT2D eigenvalue weighted by Crippen LogP contribution is -2.47. The molecule has 0 aromatic rings. The zero-order valence-electron chi connectivity index (χ0n) is 20.5. The van der Waals surface area contributed by atoms with Gasteiger partial charge in [-0.3, -0.25) is 4.79 Å². The largest absolute Gasteiger partial charge is 0.417 e. The van der Waals surface area contributed by atoms with Crippen molar-refractivity contribution >= 4 is 5.91 Å². The van der Waals surface area contributed by atoms with Gasteiger partial charge in [-0.25, -0.2) is 0 Å². The lowest BCUT2D eigenvalue weighted by molar-refractivity contribution is -0.253. The van der Waals surface area contributed by atoms with Crippen LogP contribution in [-0.4, -0.2) is 51.8 Å². The highest BCUT2D eigenvalue weighted by atomic mass is 19.4. The van der Waals surface area contributed by atoms with E-state index in [4.69, 9.17) is 0 Å². The van der Waals surface area contributed by atoms with Crippen LogP contribution in [0.5, 0.6) is 0 Å². The second kappa shape index (κ2) is 10.3. The molecule has 0 aliphatic heterocycles. The Hall–Kier alpha value is -1.38. The van der Waals surface area contributed by atoms with Crippen LogP contribution in [0.25, 0.3) is 0 Å². The summed E-state index contributed by atoms with van der Waals surface area (Å²) in [6.45, 7) is 5.26. The minimum absolute atomic E-state index is 0.0653. The van der Waals surface area contributed by atoms with Gasteiger partial charge in [0.05, 0.1) is 18.6 Å². The monoisotopic (exact) mass is 487 g/mol. The van der Waals surface area contributed by atoms with Crippen molar-refractivity contribution in [3.8, 4) is 0 Å². The molecule has 0 spiro atoms. The number of hydrogen-bond donors (Lipinski definition) is 4. The third-order valence-corrected chi connectivity index (χ3v) is 8.53. The number of aliphatic hydroxyl groups excluding tert-OH is 2. The molecule has 0 saturated heterocycles. The number of halogens is 3. The van der Waals surface area contributed by atoms with Crippen LogP contribution >= 0.6 is 0 Å². The Morgan fingerprint density at radius 3 is 2.47 bits per heavy atom. The van der Waals surface area contributed by atoms with Crippen molar-refractivity contribution in [1.29, 1.82) is 0 Å². The molecule has 0 bridgehead atoms. The van der Waals surface area contributed by atoms with Crippen LogP contribution in [0.1, 0.15) is 78.6 Å². The molecule has 0 heterocycles. The Kier molecular flexibility index (Phi) is 8.25. The maximum atomic E-state index is 12.9. The molecular weight excluding hydrogens is 447 g/mol. The van der Waals surface area contributed by atoms with Crippen molar-refractivity contribution < 1.29 is 33.3 Å². The van der Waals surface area contributed by atoms with Crippen molar-refractivity contribution in [2.45, 2.75) is 103 Å². The van der Waals surface area contributed by atoms with Gasteiger partial charge in [0.1, 0.15) is 0 Å². The number of hydrogen-bond acceptors (Lipinski definition) is 4. The Morgan fingerprint density at radius 2 is 1.85 bits per heavy atom. The van der Waals surface area contributed by atoms with Gasteiger partial charge >= 0.3 is 6.18 Å². The van der Waals surface area contributed by atoms with Crippen LogP contribution in [0.15, 0.2) is 23.3 Å². The average Bonchev–Trinajstić information content (AvgIpc) is 3.06. The van der Waals surface area contributed by atoms with E-state index in [9.17, 15) is 33.3 Å². The van der Waals surface area contributed by atoms with Gasteiger partial charge in [-0.1, -0.05) is 37.1 Å². The highest BCUT2D eigenvalue weighted by molar-refractivity contribution is 5.77. The molecule has 1 amide bonds. The molecule has 3 rings (SSSR count). The van der Waals surface area contributed by atoms with E-state index < -0.39 is 36.3 Å². The first-order valence-corrected chi connectivity index (χ1v) is 12.5. The van der Waals surface area contributed by atoms with Crippen LogP contribution in [0.2, 0.25) is 0 Å². The fourth-order valence-electron chi connectivity index (χ4n) is 6.64. The quantitative estimate of drug-likeness (QED) is 0.447. The Balaban J connectivity index is 1.62. The summed E-state index contributed by atoms with van der Waals surface area (Å²) in [5.41, 5.74) is -0.495. The molecule has 3 fully saturated rings. The van der Waals surface area contributed by atoms with Crippen LogP contribution in [-0.2, 0) is 4.79 Å². The molecule has 0 aromatic heterocycles. The lowest BCUT2D eigenvalue weighted by Gasteiger charge is -2.44. The molecule has 3 aliphatic carbocycles. The number of alkyl halides is 3. The zero-order chi connectivity index (χ0) is 25.3. The fourth-order valence-corrected chi connectivity index (χ4v) is 6.64. The predicted molar refractivity (Wildman–Crippen MR) is 124 cm³/mol. The van der Waals surface area contributed by atoms with Gasteiger partial charge in [0.2, 0.25) is 5.91 Å². The van der Waals surface area contributed by atoms with Gasteiger partial charge in [-0.15, -0.1) is 0 Å². The van der Waals surface area contributed by atoms with Gasteiger partial charge in [0.15, 0.2) is 5.60 Å². The maximum Gasteiger partial charge on any atom is 0.417 e. The van der Waals surface area contributed by atoms with E-state index in [0.29, 0.717) is 44.6 Å². The molecule has 0 radical (unpaired) electrons. The van der Waals surface area contributed by atoms with Gasteiger partial charge in [0, 0.05) is 6.54 Å². The second-order valence-electron chi connectivity index (χ2n) is 11.3. The summed E-state index contributed by atoms with van der Waals surface area (Å²) < 4.78 is 38.6. The van der Waals surface area contributed by atoms with E-state index in [1.54, 1.807) is 0 Å². The number of allylic oxidation sites excluding steroid dienone is 3. The third kappa shape index (κ3) is 6.05. The first kappa shape index (κ1) is 27.2. The second-order valence-corrected chi connectivity index (χ2v) is 11.3. The van der Waals surface area contributed by atoms with Crippen LogP contribution in [0.3, 0.4) is 0 Å². The third-order valence-electron chi connectivity index (χ3n) is 8.53. The molecule has 1 unspecified atom stereocenters. The first-order chi connectivity index (χ1) is 15.7. The molecule has 4 N–H and O–H groups in total. The van der Waals surface area contributed by atoms with Gasteiger partial charge in [0.25, 0.3) is 0 Å². The zero-order valence-corrected chi connectivity index (χ0v) is 20.5. The van der Waals surface area contributed by atoms with Crippen LogP contribution in [0.4, 0.5) is 13.2 Å². The number of aliphatic hydroxyl groups is 3. The predicted octanol–water partition coefficient (Wildman–Crippen LogP) is 4.42. The van der Waals surface area contributed by atoms with E-state index in [2.05, 4.69) is 24.4 Å². The van der Waals surface area contributed by atoms with Crippen molar-refractivity contribution in [3.05, 3.63) is 23.3 Å². The minimum Gasteiger partial charge on any atom is -0.393 e. The molecule has 8 heteroatoms. The summed E-state index contributed by atoms with van der Waals surface area (Å²) in [7, 11) is 0. The summed E-state index contributed by atoms with van der Waals surface area (Å²) in [6.07, 6.45) is 4.29. The smallest absolute Gasteiger partial charge is 0.393 e. The standard InChI is InChI=1S/C26H40F3NO4/c1-16(15-30-23(33)14-25(3,34)26(27,28)29)21-8-9-22-18(5-4-10-24(21,22)2)7-6-17-11-19(31)13-20(32)12-17/h6-7,16,19-22,31-32,34H,4-5,8-15H2,1-3H3,(H,30,33)/b18-7+/t16-,19-,20-,21-,22+,24-,25?/m1/s1. The van der Waals surface area contributed by atoms with Crippen molar-refractivity contribution in [3.63, 3.8) is 0 Å². The normalized spacial score (nSPS) is 36.0. The number of carbonyl (C=O) groups is 1. The summed E-state index contributed by atoms with van der Waals surface area (Å²) in [6, 6.07) is 0. The summed E-state index contributed by atoms with van der Waals surface area (Å²) in [5, 5.41) is 32.1. The molecule has 0 aromatic carbocycles. The topological polar surface area (TPSA) is 89.8 Å². The summed E-state index contributed by atoms with van der Waals surface area (Å²) in [4.78, 5) is 12.1. The van der Waals surface area contributed by atoms with Crippen LogP contribution < -0.4 is 5.32 Å². The Labute approximate surface area is 200 Å². The van der Waals surface area contributed by atoms with Crippen molar-refractivity contribution in [1.82, 2.24) is 5.32 Å². The highest BCUT2D eigenvalue weighted by Gasteiger charge is 2.52. The van der Waals surface area contributed by atoms with E-state index in [-0.39, 0.29) is 11.3 Å². The number of fused-ring (bicyclic) bond motifs is 1. The summed E-state index contributed by atoms with van der Waals surface area (Å²) in [5.74, 6) is 0.0824. The van der Waals surface area contributed by atoms with E-state index in [0.717, 1.165) is 37.7 Å². The first-order valence-electron chi connectivity index (χ1n) is 12.5. The molecule has 3 saturated carbocycles. The average molecular weight is 488 g/mol. The highest BCUT2D eigenvalue weighted by Crippen LogP contribution is 2.59. The Bertz CT molecular complexity index is 794. The number of rotatable bonds is 6. The molecule has 34 heavy (non-hydrogen) atoms. The lowest BCUT2D eigenvalue weighted by atomic mass is 9.61. The van der Waals surface area contributed by atoms with Gasteiger partial charge in [-0.2, -0.15) is 13.2 Å². The molecule has 194 valence electrons. The maximum absolute atomic E-state index is 12.9. The van der Waals surface area contributed by atoms with Gasteiger partial charge in [-0.05, 0) is 81.5 Å². The summed E-state index contributed by atoms with van der Waals surface area (Å²) >= 11 is 0.